The molecule has 2 rings (SSSR count). The van der Waals surface area contributed by atoms with Crippen LogP contribution in [-0.2, 0) is 0 Å². The van der Waals surface area contributed by atoms with Crippen molar-refractivity contribution in [1.29, 1.82) is 0 Å². The molecule has 0 bridgehead atoms. The van der Waals surface area contributed by atoms with Gasteiger partial charge in [-0.05, 0) is 11.3 Å². The lowest BCUT2D eigenvalue weighted by molar-refractivity contribution is 1.32. The number of aromatic nitrogens is 2. The molecule has 1 N–H and O–H groups in total. The molecule has 0 aliphatic carbocycles. The lowest BCUT2D eigenvalue weighted by Gasteiger charge is -2.16. The van der Waals surface area contributed by atoms with Gasteiger partial charge in [0.15, 0.2) is 6.33 Å². The first-order valence-electron chi connectivity index (χ1n) is 4.44. The second-order valence-electron chi connectivity index (χ2n) is 4.30. The average Bonchev–Trinajstić information content (AvgIpc) is 2.48. The number of H-pyrrole nitrogens is 1. The van der Waals surface area contributed by atoms with E-state index in [0.29, 0.717) is 0 Å². The number of imidazole rings is 1. The third kappa shape index (κ3) is 1.39. The maximum atomic E-state index is 4.24. The van der Waals surface area contributed by atoms with E-state index in [1.54, 1.807) is 0 Å². The van der Waals surface area contributed by atoms with E-state index in [9.17, 15) is 0 Å². The predicted octanol–water partition coefficient (Wildman–Crippen LogP) is 1.91. The molecule has 13 heavy (non-hydrogen) atoms. The van der Waals surface area contributed by atoms with Gasteiger partial charge in [0.2, 0.25) is 0 Å². The molecular weight excluding hydrogens is 176 g/mol. The van der Waals surface area contributed by atoms with Crippen molar-refractivity contribution in [2.24, 2.45) is 0 Å². The summed E-state index contributed by atoms with van der Waals surface area (Å²) in [6.45, 7) is 6.99. The minimum atomic E-state index is -1.26. The largest absolute Gasteiger partial charge is 0.335 e. The molecule has 0 saturated carbocycles. The van der Waals surface area contributed by atoms with Crippen LogP contribution in [0.2, 0.25) is 19.6 Å². The Morgan fingerprint density at radius 3 is 2.77 bits per heavy atom. The van der Waals surface area contributed by atoms with Crippen LogP contribution in [0, 0.1) is 6.33 Å². The van der Waals surface area contributed by atoms with Gasteiger partial charge in [-0.3, -0.25) is 0 Å². The van der Waals surface area contributed by atoms with E-state index in [1.807, 2.05) is 6.07 Å². The highest BCUT2D eigenvalue weighted by atomic mass is 28.3. The molecule has 0 spiro atoms. The van der Waals surface area contributed by atoms with Crippen molar-refractivity contribution >= 4 is 24.3 Å². The standard InChI is InChI=1S/C10H13N2Si/c1-13(2,3)9-6-4-5-8-10(9)12-7-11-8/h4-6H,1-3H3,(H,11,12). The highest BCUT2D eigenvalue weighted by molar-refractivity contribution is 6.90. The minimum Gasteiger partial charge on any atom is -0.335 e. The third-order valence-electron chi connectivity index (χ3n) is 2.20. The number of hydrogen-bond donors (Lipinski definition) is 1. The lowest BCUT2D eigenvalue weighted by atomic mass is 10.3. The second kappa shape index (κ2) is 2.70. The number of aromatic amines is 1. The van der Waals surface area contributed by atoms with Crippen LogP contribution in [0.4, 0.5) is 0 Å². The normalized spacial score (nSPS) is 12.2. The Balaban J connectivity index is 2.75. The first-order chi connectivity index (χ1) is 6.09. The van der Waals surface area contributed by atoms with Crippen molar-refractivity contribution in [3.8, 4) is 0 Å². The van der Waals surface area contributed by atoms with Crippen molar-refractivity contribution in [3.05, 3.63) is 24.5 Å². The molecule has 0 amide bonds. The number of fused-ring (bicyclic) bond motifs is 1. The van der Waals surface area contributed by atoms with Gasteiger partial charge in [-0.25, -0.2) is 4.98 Å². The molecule has 0 aliphatic rings. The summed E-state index contributed by atoms with van der Waals surface area (Å²) >= 11 is 0. The molecule has 0 saturated heterocycles. The zero-order valence-electron chi connectivity index (χ0n) is 8.18. The summed E-state index contributed by atoms with van der Waals surface area (Å²) < 4.78 is 0. The molecule has 0 aliphatic heterocycles. The van der Waals surface area contributed by atoms with E-state index in [1.165, 1.54) is 5.19 Å². The van der Waals surface area contributed by atoms with Crippen LogP contribution < -0.4 is 5.19 Å². The summed E-state index contributed by atoms with van der Waals surface area (Å²) in [5.74, 6) is 0. The van der Waals surface area contributed by atoms with Gasteiger partial charge in [0, 0.05) is 0 Å². The molecule has 0 unspecified atom stereocenters. The van der Waals surface area contributed by atoms with Crippen molar-refractivity contribution in [1.82, 2.24) is 9.97 Å². The fraction of sp³-hybridized carbons (Fsp3) is 0.300. The SMILES string of the molecule is C[Si](C)(C)c1cccc2[nH][c]nc12. The Hall–Kier alpha value is -1.09. The molecule has 67 valence electrons. The summed E-state index contributed by atoms with van der Waals surface area (Å²) in [7, 11) is -1.26. The zero-order valence-corrected chi connectivity index (χ0v) is 9.18. The first kappa shape index (κ1) is 8.50. The molecule has 2 aromatic rings. The summed E-state index contributed by atoms with van der Waals surface area (Å²) in [6.07, 6.45) is 2.80. The van der Waals surface area contributed by atoms with E-state index in [-0.39, 0.29) is 0 Å². The Morgan fingerprint density at radius 2 is 2.08 bits per heavy atom. The van der Waals surface area contributed by atoms with Gasteiger partial charge in [0.05, 0.1) is 19.1 Å². The molecule has 0 atom stereocenters. The molecule has 3 heteroatoms. The summed E-state index contributed by atoms with van der Waals surface area (Å²) in [5, 5.41) is 1.41. The maximum absolute atomic E-state index is 4.24. The highest BCUT2D eigenvalue weighted by Crippen LogP contribution is 2.11. The quantitative estimate of drug-likeness (QED) is 0.682. The third-order valence-corrected chi connectivity index (χ3v) is 4.22. The molecule has 2 nitrogen and oxygen atoms in total. The molecule has 0 fully saturated rings. The van der Waals surface area contributed by atoms with Crippen molar-refractivity contribution in [2.75, 3.05) is 0 Å². The number of nitrogens with one attached hydrogen (secondary N) is 1. The fourth-order valence-corrected chi connectivity index (χ4v) is 3.01. The van der Waals surface area contributed by atoms with Crippen molar-refractivity contribution in [3.63, 3.8) is 0 Å². The summed E-state index contributed by atoms with van der Waals surface area (Å²) in [6, 6.07) is 6.31. The van der Waals surface area contributed by atoms with E-state index >= 15 is 0 Å². The monoisotopic (exact) mass is 189 g/mol. The molecule has 1 aromatic heterocycles. The van der Waals surface area contributed by atoms with E-state index in [0.717, 1.165) is 11.0 Å². The first-order valence-corrected chi connectivity index (χ1v) is 7.94. The summed E-state index contributed by atoms with van der Waals surface area (Å²) in [4.78, 5) is 7.26. The predicted molar refractivity (Wildman–Crippen MR) is 57.9 cm³/mol. The zero-order chi connectivity index (χ0) is 9.47. The van der Waals surface area contributed by atoms with Gasteiger partial charge in [-0.1, -0.05) is 31.8 Å². The van der Waals surface area contributed by atoms with E-state index in [4.69, 9.17) is 0 Å². The molecule has 1 aromatic carbocycles. The molecule has 1 heterocycles. The Kier molecular flexibility index (Phi) is 1.77. The van der Waals surface area contributed by atoms with Crippen LogP contribution in [0.25, 0.3) is 11.0 Å². The summed E-state index contributed by atoms with van der Waals surface area (Å²) in [5.41, 5.74) is 2.20. The van der Waals surface area contributed by atoms with Crippen LogP contribution >= 0.6 is 0 Å². The minimum absolute atomic E-state index is 1.10. The van der Waals surface area contributed by atoms with Gasteiger partial charge in [0.25, 0.3) is 0 Å². The molecule has 1 radical (unpaired) electrons. The van der Waals surface area contributed by atoms with Crippen LogP contribution in [0.1, 0.15) is 0 Å². The Labute approximate surface area is 79.0 Å². The van der Waals surface area contributed by atoms with Crippen LogP contribution in [0.5, 0.6) is 0 Å². The highest BCUT2D eigenvalue weighted by Gasteiger charge is 2.19. The number of nitrogens with zero attached hydrogens (tertiary/aromatic N) is 1. The van der Waals surface area contributed by atoms with Crippen molar-refractivity contribution < 1.29 is 0 Å². The number of rotatable bonds is 1. The van der Waals surface area contributed by atoms with Gasteiger partial charge in [0.1, 0.15) is 0 Å². The van der Waals surface area contributed by atoms with E-state index < -0.39 is 8.07 Å². The van der Waals surface area contributed by atoms with Gasteiger partial charge in [-0.2, -0.15) is 0 Å². The number of para-hydroxylation sites is 1. The van der Waals surface area contributed by atoms with Crippen LogP contribution in [-0.4, -0.2) is 18.0 Å². The number of benzene rings is 1. The second-order valence-corrected chi connectivity index (χ2v) is 9.34. The van der Waals surface area contributed by atoms with E-state index in [2.05, 4.69) is 48.1 Å². The average molecular weight is 189 g/mol. The Bertz CT molecular complexity index is 426. The Morgan fingerprint density at radius 1 is 1.31 bits per heavy atom. The van der Waals surface area contributed by atoms with Crippen LogP contribution in [0.3, 0.4) is 0 Å². The lowest BCUT2D eigenvalue weighted by Crippen LogP contribution is -2.38. The van der Waals surface area contributed by atoms with Gasteiger partial charge >= 0.3 is 0 Å². The molecular formula is C10H13N2Si. The number of hydrogen-bond acceptors (Lipinski definition) is 1. The van der Waals surface area contributed by atoms with Crippen LogP contribution in [0.15, 0.2) is 18.2 Å². The van der Waals surface area contributed by atoms with Gasteiger partial charge < -0.3 is 4.98 Å². The van der Waals surface area contributed by atoms with Crippen molar-refractivity contribution in [2.45, 2.75) is 19.6 Å². The maximum Gasteiger partial charge on any atom is 0.174 e. The topological polar surface area (TPSA) is 28.7 Å². The fourth-order valence-electron chi connectivity index (χ4n) is 1.51. The smallest absolute Gasteiger partial charge is 0.174 e. The van der Waals surface area contributed by atoms with Gasteiger partial charge in [-0.15, -0.1) is 0 Å².